The second kappa shape index (κ2) is 11.7. The van der Waals surface area contributed by atoms with Gasteiger partial charge in [-0.25, -0.2) is 0 Å². The maximum absolute atomic E-state index is 4.33. The molecule has 0 saturated carbocycles. The van der Waals surface area contributed by atoms with E-state index in [0.29, 0.717) is 0 Å². The van der Waals surface area contributed by atoms with Crippen molar-refractivity contribution in [2.75, 3.05) is 52.9 Å². The molecule has 1 heterocycles. The second-order valence-corrected chi connectivity index (χ2v) is 6.05. The van der Waals surface area contributed by atoms with Crippen LogP contribution < -0.4 is 10.6 Å². The summed E-state index contributed by atoms with van der Waals surface area (Å²) in [5.41, 5.74) is 1.27. The molecule has 1 aliphatic rings. The third-order valence-corrected chi connectivity index (χ3v) is 4.51. The van der Waals surface area contributed by atoms with E-state index in [1.807, 2.05) is 13.1 Å². The number of rotatable bonds is 6. The zero-order valence-corrected chi connectivity index (χ0v) is 17.5. The van der Waals surface area contributed by atoms with Gasteiger partial charge in [0.15, 0.2) is 5.96 Å². The first kappa shape index (κ1) is 21.2. The molecule has 0 amide bonds. The topological polar surface area (TPSA) is 42.9 Å². The fraction of sp³-hybridized carbons (Fsp3) is 0.611. The molecular formula is C18H32IN5. The van der Waals surface area contributed by atoms with Crippen molar-refractivity contribution in [3.05, 3.63) is 35.9 Å². The van der Waals surface area contributed by atoms with Crippen LogP contribution >= 0.6 is 24.0 Å². The number of nitrogens with zero attached hydrogens (tertiary/aromatic N) is 3. The molecule has 2 rings (SSSR count). The van der Waals surface area contributed by atoms with Crippen LogP contribution in [0.4, 0.5) is 0 Å². The van der Waals surface area contributed by atoms with Crippen molar-refractivity contribution >= 4 is 29.9 Å². The number of piperazine rings is 1. The van der Waals surface area contributed by atoms with E-state index in [4.69, 9.17) is 0 Å². The Kier molecular flexibility index (Phi) is 10.3. The van der Waals surface area contributed by atoms with Crippen molar-refractivity contribution in [1.29, 1.82) is 0 Å². The lowest BCUT2D eigenvalue weighted by atomic mass is 10.1. The maximum atomic E-state index is 4.33. The summed E-state index contributed by atoms with van der Waals surface area (Å²) in [5, 5.41) is 6.88. The van der Waals surface area contributed by atoms with Crippen LogP contribution in [0.15, 0.2) is 35.3 Å². The number of aliphatic imine (C=N–C) groups is 1. The van der Waals surface area contributed by atoms with Gasteiger partial charge >= 0.3 is 0 Å². The second-order valence-electron chi connectivity index (χ2n) is 6.05. The Labute approximate surface area is 163 Å². The molecule has 5 nitrogen and oxygen atoms in total. The molecule has 0 aromatic heterocycles. The van der Waals surface area contributed by atoms with E-state index in [0.717, 1.165) is 19.0 Å². The highest BCUT2D eigenvalue weighted by atomic mass is 127. The molecule has 0 spiro atoms. The molecular weight excluding hydrogens is 413 g/mol. The molecule has 1 aromatic rings. The van der Waals surface area contributed by atoms with E-state index in [9.17, 15) is 0 Å². The monoisotopic (exact) mass is 445 g/mol. The quantitative estimate of drug-likeness (QED) is 0.400. The number of nitrogens with one attached hydrogen (secondary N) is 2. The van der Waals surface area contributed by atoms with Crippen LogP contribution in [0.5, 0.6) is 0 Å². The number of hydrogen-bond donors (Lipinski definition) is 2. The SMILES string of the molecule is CCN1CCN(CCNC(=NC)NC(C)c2ccccc2)CC1.I. The van der Waals surface area contributed by atoms with Gasteiger partial charge in [0.25, 0.3) is 0 Å². The van der Waals surface area contributed by atoms with Crippen LogP contribution in [0.3, 0.4) is 0 Å². The zero-order valence-electron chi connectivity index (χ0n) is 15.2. The molecule has 24 heavy (non-hydrogen) atoms. The van der Waals surface area contributed by atoms with Crippen molar-refractivity contribution in [2.24, 2.45) is 4.99 Å². The highest BCUT2D eigenvalue weighted by Crippen LogP contribution is 2.10. The Bertz CT molecular complexity index is 472. The van der Waals surface area contributed by atoms with E-state index in [2.05, 4.69) is 63.5 Å². The number of hydrogen-bond acceptors (Lipinski definition) is 3. The van der Waals surface area contributed by atoms with Crippen LogP contribution in [-0.4, -0.2) is 68.6 Å². The van der Waals surface area contributed by atoms with Crippen molar-refractivity contribution in [2.45, 2.75) is 19.9 Å². The molecule has 1 aromatic carbocycles. The van der Waals surface area contributed by atoms with Crippen LogP contribution in [0.25, 0.3) is 0 Å². The van der Waals surface area contributed by atoms with Gasteiger partial charge in [0.1, 0.15) is 0 Å². The normalized spacial score (nSPS) is 17.9. The van der Waals surface area contributed by atoms with E-state index in [1.54, 1.807) is 0 Å². The van der Waals surface area contributed by atoms with Gasteiger partial charge in [0.2, 0.25) is 0 Å². The molecule has 0 radical (unpaired) electrons. The minimum Gasteiger partial charge on any atom is -0.355 e. The molecule has 1 aliphatic heterocycles. The number of halogens is 1. The van der Waals surface area contributed by atoms with Gasteiger partial charge in [-0.2, -0.15) is 0 Å². The average molecular weight is 445 g/mol. The lowest BCUT2D eigenvalue weighted by molar-refractivity contribution is 0.139. The van der Waals surface area contributed by atoms with Gasteiger partial charge in [-0.05, 0) is 19.0 Å². The molecule has 1 unspecified atom stereocenters. The largest absolute Gasteiger partial charge is 0.355 e. The zero-order chi connectivity index (χ0) is 16.5. The number of benzene rings is 1. The third kappa shape index (κ3) is 6.94. The summed E-state index contributed by atoms with van der Waals surface area (Å²) >= 11 is 0. The standard InChI is InChI=1S/C18H31N5.HI/c1-4-22-12-14-23(15-13-22)11-10-20-18(19-3)21-16(2)17-8-6-5-7-9-17;/h5-9,16H,4,10-15H2,1-3H3,(H2,19,20,21);1H. The Morgan fingerprint density at radius 2 is 1.75 bits per heavy atom. The van der Waals surface area contributed by atoms with Crippen LogP contribution in [0, 0.1) is 0 Å². The summed E-state index contributed by atoms with van der Waals surface area (Å²) in [5.74, 6) is 0.869. The first-order valence-electron chi connectivity index (χ1n) is 8.69. The molecule has 1 atom stereocenters. The first-order chi connectivity index (χ1) is 11.2. The van der Waals surface area contributed by atoms with Gasteiger partial charge in [-0.15, -0.1) is 24.0 Å². The van der Waals surface area contributed by atoms with E-state index in [1.165, 1.54) is 38.3 Å². The van der Waals surface area contributed by atoms with Gasteiger partial charge in [-0.1, -0.05) is 37.3 Å². The number of likely N-dealkylation sites (N-methyl/N-ethyl adjacent to an activating group) is 1. The highest BCUT2D eigenvalue weighted by molar-refractivity contribution is 14.0. The third-order valence-electron chi connectivity index (χ3n) is 4.51. The van der Waals surface area contributed by atoms with E-state index >= 15 is 0 Å². The number of guanidine groups is 1. The Morgan fingerprint density at radius 1 is 1.12 bits per heavy atom. The molecule has 0 bridgehead atoms. The lowest BCUT2D eigenvalue weighted by Crippen LogP contribution is -2.49. The Hall–Kier alpha value is -0.860. The summed E-state index contributed by atoms with van der Waals surface area (Å²) in [6, 6.07) is 10.7. The molecule has 2 N–H and O–H groups in total. The first-order valence-corrected chi connectivity index (χ1v) is 8.69. The van der Waals surface area contributed by atoms with E-state index < -0.39 is 0 Å². The predicted molar refractivity (Wildman–Crippen MR) is 113 cm³/mol. The summed E-state index contributed by atoms with van der Waals surface area (Å²) in [7, 11) is 1.83. The minimum atomic E-state index is 0. The van der Waals surface area contributed by atoms with Crippen molar-refractivity contribution in [1.82, 2.24) is 20.4 Å². The summed E-state index contributed by atoms with van der Waals surface area (Å²) in [6.45, 7) is 12.3. The van der Waals surface area contributed by atoms with Gasteiger partial charge in [-0.3, -0.25) is 9.89 Å². The van der Waals surface area contributed by atoms with Gasteiger partial charge in [0.05, 0.1) is 6.04 Å². The summed E-state index contributed by atoms with van der Waals surface area (Å²) < 4.78 is 0. The average Bonchev–Trinajstić information content (AvgIpc) is 2.62. The van der Waals surface area contributed by atoms with Gasteiger partial charge in [0, 0.05) is 46.3 Å². The van der Waals surface area contributed by atoms with Crippen LogP contribution in [-0.2, 0) is 0 Å². The fourth-order valence-electron chi connectivity index (χ4n) is 2.89. The summed E-state index contributed by atoms with van der Waals surface area (Å²) in [6.07, 6.45) is 0. The van der Waals surface area contributed by atoms with Gasteiger partial charge < -0.3 is 15.5 Å². The lowest BCUT2D eigenvalue weighted by Gasteiger charge is -2.34. The van der Waals surface area contributed by atoms with Crippen molar-refractivity contribution in [3.63, 3.8) is 0 Å². The van der Waals surface area contributed by atoms with Crippen molar-refractivity contribution < 1.29 is 0 Å². The Morgan fingerprint density at radius 3 is 2.33 bits per heavy atom. The smallest absolute Gasteiger partial charge is 0.191 e. The van der Waals surface area contributed by atoms with Crippen LogP contribution in [0.1, 0.15) is 25.5 Å². The molecule has 136 valence electrons. The highest BCUT2D eigenvalue weighted by Gasteiger charge is 2.15. The van der Waals surface area contributed by atoms with Crippen LogP contribution in [0.2, 0.25) is 0 Å². The molecule has 1 saturated heterocycles. The summed E-state index contributed by atoms with van der Waals surface area (Å²) in [4.78, 5) is 9.36. The molecule has 6 heteroatoms. The maximum Gasteiger partial charge on any atom is 0.191 e. The minimum absolute atomic E-state index is 0. The predicted octanol–water partition coefficient (Wildman–Crippen LogP) is 2.17. The fourth-order valence-corrected chi connectivity index (χ4v) is 2.89. The molecule has 1 fully saturated rings. The van der Waals surface area contributed by atoms with Crippen molar-refractivity contribution in [3.8, 4) is 0 Å². The molecule has 0 aliphatic carbocycles. The van der Waals surface area contributed by atoms with E-state index in [-0.39, 0.29) is 30.0 Å². The Balaban J connectivity index is 0.00000288.